The van der Waals surface area contributed by atoms with E-state index in [9.17, 15) is 8.42 Å². The summed E-state index contributed by atoms with van der Waals surface area (Å²) in [5.74, 6) is -0.118. The highest BCUT2D eigenvalue weighted by Gasteiger charge is 2.18. The molecule has 0 fully saturated rings. The molecular weight excluding hydrogens is 328 g/mol. The van der Waals surface area contributed by atoms with E-state index in [1.807, 2.05) is 6.92 Å². The minimum Gasteiger partial charge on any atom is -0.398 e. The Balaban J connectivity index is 2.38. The standard InChI is InChI=1S/C13H13BrN2O2S/c1-9-2-3-13(12(15)4-9)19(17,18)8-10-5-11(14)7-16-6-10/h2-7H,8,15H2,1H3. The maximum absolute atomic E-state index is 12.3. The molecule has 0 radical (unpaired) electrons. The van der Waals surface area contributed by atoms with Gasteiger partial charge in [-0.2, -0.15) is 0 Å². The van der Waals surface area contributed by atoms with Crippen LogP contribution in [0, 0.1) is 6.92 Å². The second kappa shape index (κ2) is 5.30. The van der Waals surface area contributed by atoms with Crippen molar-refractivity contribution in [2.45, 2.75) is 17.6 Å². The van der Waals surface area contributed by atoms with Crippen LogP contribution in [0.1, 0.15) is 11.1 Å². The molecule has 0 aliphatic heterocycles. The first-order chi connectivity index (χ1) is 8.88. The highest BCUT2D eigenvalue weighted by atomic mass is 79.9. The lowest BCUT2D eigenvalue weighted by atomic mass is 10.2. The normalized spacial score (nSPS) is 11.5. The average Bonchev–Trinajstić information content (AvgIpc) is 2.27. The molecule has 100 valence electrons. The second-order valence-electron chi connectivity index (χ2n) is 4.31. The fourth-order valence-electron chi connectivity index (χ4n) is 1.78. The van der Waals surface area contributed by atoms with Gasteiger partial charge in [-0.15, -0.1) is 0 Å². The molecular formula is C13H13BrN2O2S. The lowest BCUT2D eigenvalue weighted by Crippen LogP contribution is -2.08. The first-order valence-corrected chi connectivity index (χ1v) is 8.01. The smallest absolute Gasteiger partial charge is 0.184 e. The van der Waals surface area contributed by atoms with E-state index in [0.29, 0.717) is 5.56 Å². The number of aromatic nitrogens is 1. The molecule has 1 heterocycles. The van der Waals surface area contributed by atoms with Crippen LogP contribution in [0.2, 0.25) is 0 Å². The number of nitrogens with two attached hydrogens (primary N) is 1. The number of rotatable bonds is 3. The molecule has 2 rings (SSSR count). The Bertz CT molecular complexity index is 714. The van der Waals surface area contributed by atoms with Crippen LogP contribution < -0.4 is 5.73 Å². The fraction of sp³-hybridized carbons (Fsp3) is 0.154. The summed E-state index contributed by atoms with van der Waals surface area (Å²) in [6, 6.07) is 6.68. The average molecular weight is 341 g/mol. The van der Waals surface area contributed by atoms with E-state index in [-0.39, 0.29) is 16.3 Å². The van der Waals surface area contributed by atoms with Gasteiger partial charge in [-0.1, -0.05) is 6.07 Å². The Morgan fingerprint density at radius 1 is 1.26 bits per heavy atom. The number of halogens is 1. The van der Waals surface area contributed by atoms with Crippen molar-refractivity contribution in [3.63, 3.8) is 0 Å². The fourth-order valence-corrected chi connectivity index (χ4v) is 3.64. The number of sulfone groups is 1. The zero-order valence-electron chi connectivity index (χ0n) is 10.3. The van der Waals surface area contributed by atoms with Gasteiger partial charge in [0.1, 0.15) is 0 Å². The van der Waals surface area contributed by atoms with E-state index in [1.165, 1.54) is 6.20 Å². The van der Waals surface area contributed by atoms with E-state index in [1.54, 1.807) is 30.5 Å². The quantitative estimate of drug-likeness (QED) is 0.872. The maximum Gasteiger partial charge on any atom is 0.184 e. The Labute approximate surface area is 120 Å². The monoisotopic (exact) mass is 340 g/mol. The summed E-state index contributed by atoms with van der Waals surface area (Å²) in [5.41, 5.74) is 7.62. The Morgan fingerprint density at radius 3 is 2.63 bits per heavy atom. The zero-order chi connectivity index (χ0) is 14.0. The number of nitrogen functional groups attached to an aromatic ring is 1. The van der Waals surface area contributed by atoms with E-state index in [0.717, 1.165) is 10.0 Å². The van der Waals surface area contributed by atoms with Gasteiger partial charge in [-0.25, -0.2) is 8.42 Å². The topological polar surface area (TPSA) is 73.0 Å². The van der Waals surface area contributed by atoms with Gasteiger partial charge < -0.3 is 5.73 Å². The van der Waals surface area contributed by atoms with Gasteiger partial charge >= 0.3 is 0 Å². The van der Waals surface area contributed by atoms with Crippen LogP contribution in [0.15, 0.2) is 46.0 Å². The third-order valence-electron chi connectivity index (χ3n) is 2.62. The third kappa shape index (κ3) is 3.33. The van der Waals surface area contributed by atoms with Gasteiger partial charge in [0.25, 0.3) is 0 Å². The number of benzene rings is 1. The molecule has 0 aliphatic rings. The summed E-state index contributed by atoms with van der Waals surface area (Å²) in [6.45, 7) is 1.87. The molecule has 0 bridgehead atoms. The number of hydrogen-bond acceptors (Lipinski definition) is 4. The van der Waals surface area contributed by atoms with Crippen LogP contribution in [0.25, 0.3) is 0 Å². The molecule has 0 atom stereocenters. The van der Waals surface area contributed by atoms with Gasteiger partial charge in [0.05, 0.1) is 16.3 Å². The molecule has 0 saturated heterocycles. The number of pyridine rings is 1. The molecule has 2 aromatic rings. The SMILES string of the molecule is Cc1ccc(S(=O)(=O)Cc2cncc(Br)c2)c(N)c1. The van der Waals surface area contributed by atoms with Crippen LogP contribution in [-0.2, 0) is 15.6 Å². The Kier molecular flexibility index (Phi) is 3.91. The molecule has 19 heavy (non-hydrogen) atoms. The van der Waals surface area contributed by atoms with Gasteiger partial charge in [-0.3, -0.25) is 4.98 Å². The highest BCUT2D eigenvalue weighted by Crippen LogP contribution is 2.24. The third-order valence-corrected chi connectivity index (χ3v) is 4.81. The Hall–Kier alpha value is -1.40. The number of anilines is 1. The summed E-state index contributed by atoms with van der Waals surface area (Å²) >= 11 is 3.27. The summed E-state index contributed by atoms with van der Waals surface area (Å²) < 4.78 is 25.4. The predicted molar refractivity (Wildman–Crippen MR) is 78.4 cm³/mol. The van der Waals surface area contributed by atoms with Crippen molar-refractivity contribution >= 4 is 31.5 Å². The zero-order valence-corrected chi connectivity index (χ0v) is 12.7. The summed E-state index contributed by atoms with van der Waals surface area (Å²) in [7, 11) is -3.46. The minimum absolute atomic E-state index is 0.118. The molecule has 1 aromatic heterocycles. The van der Waals surface area contributed by atoms with Crippen molar-refractivity contribution < 1.29 is 8.42 Å². The van der Waals surface area contributed by atoms with E-state index in [2.05, 4.69) is 20.9 Å². The van der Waals surface area contributed by atoms with Crippen molar-refractivity contribution in [1.29, 1.82) is 0 Å². The number of hydrogen-bond donors (Lipinski definition) is 1. The first kappa shape index (κ1) is 14.0. The molecule has 6 heteroatoms. The maximum atomic E-state index is 12.3. The largest absolute Gasteiger partial charge is 0.398 e. The lowest BCUT2D eigenvalue weighted by molar-refractivity contribution is 0.595. The van der Waals surface area contributed by atoms with Crippen LogP contribution in [0.3, 0.4) is 0 Å². The van der Waals surface area contributed by atoms with Crippen LogP contribution in [0.5, 0.6) is 0 Å². The molecule has 1 aromatic carbocycles. The van der Waals surface area contributed by atoms with Gasteiger partial charge in [0, 0.05) is 16.9 Å². The van der Waals surface area contributed by atoms with E-state index >= 15 is 0 Å². The number of nitrogens with zero attached hydrogens (tertiary/aromatic N) is 1. The predicted octanol–water partition coefficient (Wildman–Crippen LogP) is 2.71. The van der Waals surface area contributed by atoms with Gasteiger partial charge in [-0.05, 0) is 52.2 Å². The summed E-state index contributed by atoms with van der Waals surface area (Å²) in [4.78, 5) is 4.12. The molecule has 0 unspecified atom stereocenters. The molecule has 4 nitrogen and oxygen atoms in total. The van der Waals surface area contributed by atoms with Crippen molar-refractivity contribution in [2.75, 3.05) is 5.73 Å². The van der Waals surface area contributed by atoms with Crippen molar-refractivity contribution in [1.82, 2.24) is 4.98 Å². The molecule has 0 amide bonds. The summed E-state index contributed by atoms with van der Waals surface area (Å²) in [6.07, 6.45) is 3.14. The van der Waals surface area contributed by atoms with Gasteiger partial charge in [0.2, 0.25) is 0 Å². The highest BCUT2D eigenvalue weighted by molar-refractivity contribution is 9.10. The van der Waals surface area contributed by atoms with Crippen molar-refractivity contribution in [2.24, 2.45) is 0 Å². The van der Waals surface area contributed by atoms with E-state index in [4.69, 9.17) is 5.73 Å². The molecule has 0 saturated carbocycles. The molecule has 0 aliphatic carbocycles. The van der Waals surface area contributed by atoms with Crippen LogP contribution >= 0.6 is 15.9 Å². The summed E-state index contributed by atoms with van der Waals surface area (Å²) in [5, 5.41) is 0. The van der Waals surface area contributed by atoms with Crippen LogP contribution in [-0.4, -0.2) is 13.4 Å². The minimum atomic E-state index is -3.46. The van der Waals surface area contributed by atoms with Crippen molar-refractivity contribution in [3.05, 3.63) is 52.3 Å². The lowest BCUT2D eigenvalue weighted by Gasteiger charge is -2.08. The molecule has 2 N–H and O–H groups in total. The number of aryl methyl sites for hydroxylation is 1. The van der Waals surface area contributed by atoms with Crippen molar-refractivity contribution in [3.8, 4) is 0 Å². The molecule has 0 spiro atoms. The van der Waals surface area contributed by atoms with Crippen LogP contribution in [0.4, 0.5) is 5.69 Å². The second-order valence-corrected chi connectivity index (χ2v) is 7.19. The van der Waals surface area contributed by atoms with Gasteiger partial charge in [0.15, 0.2) is 9.84 Å². The van der Waals surface area contributed by atoms with E-state index < -0.39 is 9.84 Å². The first-order valence-electron chi connectivity index (χ1n) is 5.57. The Morgan fingerprint density at radius 2 is 2.00 bits per heavy atom.